The molecule has 116 valence electrons. The highest BCUT2D eigenvalue weighted by molar-refractivity contribution is 5.96. The molecule has 0 radical (unpaired) electrons. The molecule has 0 saturated heterocycles. The average Bonchev–Trinajstić information content (AvgIpc) is 2.47. The lowest BCUT2D eigenvalue weighted by molar-refractivity contribution is -0.152. The number of anilines is 1. The summed E-state index contributed by atoms with van der Waals surface area (Å²) in [5.74, 6) is -1.01. The number of hydrogen-bond donors (Lipinski definition) is 1. The third-order valence-electron chi connectivity index (χ3n) is 4.32. The Labute approximate surface area is 126 Å². The summed E-state index contributed by atoms with van der Waals surface area (Å²) in [5.41, 5.74) is 0.908. The molecule has 0 aliphatic carbocycles. The smallest absolute Gasteiger partial charge is 0.310 e. The van der Waals surface area contributed by atoms with Crippen LogP contribution in [0.1, 0.15) is 45.6 Å². The van der Waals surface area contributed by atoms with Gasteiger partial charge in [-0.2, -0.15) is 0 Å². The quantitative estimate of drug-likeness (QED) is 0.834. The van der Waals surface area contributed by atoms with Crippen molar-refractivity contribution in [1.82, 2.24) is 0 Å². The van der Waals surface area contributed by atoms with Gasteiger partial charge in [0, 0.05) is 18.7 Å². The van der Waals surface area contributed by atoms with Crippen LogP contribution < -0.4 is 4.90 Å². The molecule has 1 aromatic rings. The molecule has 21 heavy (non-hydrogen) atoms. The maximum atomic E-state index is 12.6. The fourth-order valence-corrected chi connectivity index (χ4v) is 2.61. The predicted molar refractivity (Wildman–Crippen MR) is 84.5 cm³/mol. The molecule has 1 amide bonds. The van der Waals surface area contributed by atoms with Crippen molar-refractivity contribution in [2.45, 2.75) is 47.0 Å². The van der Waals surface area contributed by atoms with E-state index in [9.17, 15) is 14.7 Å². The molecule has 0 aromatic heterocycles. The molecule has 0 saturated carbocycles. The summed E-state index contributed by atoms with van der Waals surface area (Å²) in [7, 11) is 0. The number of benzene rings is 1. The van der Waals surface area contributed by atoms with Gasteiger partial charge in [-0.05, 0) is 38.3 Å². The average molecular weight is 291 g/mol. The molecule has 0 aliphatic heterocycles. The zero-order chi connectivity index (χ0) is 16.0. The molecule has 0 spiro atoms. The number of carboxylic acids is 1. The van der Waals surface area contributed by atoms with E-state index in [1.165, 1.54) is 0 Å². The Morgan fingerprint density at radius 2 is 1.71 bits per heavy atom. The van der Waals surface area contributed by atoms with Crippen molar-refractivity contribution in [3.8, 4) is 0 Å². The zero-order valence-corrected chi connectivity index (χ0v) is 13.3. The van der Waals surface area contributed by atoms with Crippen LogP contribution in [0, 0.1) is 12.3 Å². The Balaban J connectivity index is 3.05. The minimum atomic E-state index is -0.965. The Kier molecular flexibility index (Phi) is 5.94. The molecule has 0 bridgehead atoms. The van der Waals surface area contributed by atoms with E-state index in [4.69, 9.17) is 0 Å². The Morgan fingerprint density at radius 1 is 1.14 bits per heavy atom. The van der Waals surface area contributed by atoms with E-state index in [2.05, 4.69) is 0 Å². The normalized spacial score (nSPS) is 11.2. The number of carbonyl (C=O) groups is 2. The van der Waals surface area contributed by atoms with Gasteiger partial charge in [-0.15, -0.1) is 0 Å². The number of carbonyl (C=O) groups excluding carboxylic acids is 1. The molecule has 1 rings (SSSR count). The maximum Gasteiger partial charge on any atom is 0.310 e. The first-order valence-corrected chi connectivity index (χ1v) is 7.51. The van der Waals surface area contributed by atoms with Gasteiger partial charge >= 0.3 is 5.97 Å². The van der Waals surface area contributed by atoms with Crippen LogP contribution in [0.5, 0.6) is 0 Å². The fourth-order valence-electron chi connectivity index (χ4n) is 2.61. The van der Waals surface area contributed by atoms with Crippen LogP contribution in [0.25, 0.3) is 0 Å². The van der Waals surface area contributed by atoms with Gasteiger partial charge in [0.15, 0.2) is 0 Å². The number of aliphatic carboxylic acids is 1. The van der Waals surface area contributed by atoms with E-state index in [1.807, 2.05) is 52.0 Å². The minimum Gasteiger partial charge on any atom is -0.481 e. The highest BCUT2D eigenvalue weighted by Crippen LogP contribution is 2.33. The van der Waals surface area contributed by atoms with Crippen molar-refractivity contribution < 1.29 is 14.7 Å². The lowest BCUT2D eigenvalue weighted by Crippen LogP contribution is -2.39. The van der Waals surface area contributed by atoms with E-state index >= 15 is 0 Å². The van der Waals surface area contributed by atoms with Crippen LogP contribution in [0.3, 0.4) is 0 Å². The van der Waals surface area contributed by atoms with Crippen LogP contribution in [0.4, 0.5) is 5.69 Å². The summed E-state index contributed by atoms with van der Waals surface area (Å²) in [6, 6.07) is 7.67. The molecule has 0 aliphatic rings. The van der Waals surface area contributed by atoms with Gasteiger partial charge in [-0.3, -0.25) is 9.59 Å². The van der Waals surface area contributed by atoms with Crippen molar-refractivity contribution in [2.75, 3.05) is 11.4 Å². The summed E-state index contributed by atoms with van der Waals surface area (Å²) in [4.78, 5) is 25.9. The minimum absolute atomic E-state index is 0.0392. The first-order valence-electron chi connectivity index (χ1n) is 7.51. The number of carboxylic acid groups (broad SMARTS) is 1. The third-order valence-corrected chi connectivity index (χ3v) is 4.32. The fraction of sp³-hybridized carbons (Fsp3) is 0.529. The van der Waals surface area contributed by atoms with Gasteiger partial charge in [0.05, 0.1) is 5.41 Å². The van der Waals surface area contributed by atoms with Crippen LogP contribution in [-0.4, -0.2) is 23.5 Å². The van der Waals surface area contributed by atoms with Crippen LogP contribution in [-0.2, 0) is 9.59 Å². The highest BCUT2D eigenvalue weighted by atomic mass is 16.4. The largest absolute Gasteiger partial charge is 0.481 e. The Bertz CT molecular complexity index is 507. The third kappa shape index (κ3) is 3.63. The van der Waals surface area contributed by atoms with Gasteiger partial charge in [-0.1, -0.05) is 32.0 Å². The highest BCUT2D eigenvalue weighted by Gasteiger charge is 2.38. The van der Waals surface area contributed by atoms with Crippen LogP contribution >= 0.6 is 0 Å². The molecule has 1 N–H and O–H groups in total. The van der Waals surface area contributed by atoms with E-state index in [-0.39, 0.29) is 12.3 Å². The molecule has 0 fully saturated rings. The second kappa shape index (κ2) is 7.25. The van der Waals surface area contributed by atoms with E-state index < -0.39 is 11.4 Å². The number of para-hydroxylation sites is 1. The Morgan fingerprint density at radius 3 is 2.14 bits per heavy atom. The summed E-state index contributed by atoms with van der Waals surface area (Å²) >= 11 is 0. The second-order valence-electron chi connectivity index (χ2n) is 5.39. The molecule has 1 aromatic carbocycles. The lowest BCUT2D eigenvalue weighted by atomic mass is 9.79. The number of nitrogens with zero attached hydrogens (tertiary/aromatic N) is 1. The monoisotopic (exact) mass is 291 g/mol. The number of rotatable bonds is 7. The van der Waals surface area contributed by atoms with Gasteiger partial charge in [0.1, 0.15) is 0 Å². The molecule has 4 nitrogen and oxygen atoms in total. The maximum absolute atomic E-state index is 12.6. The standard InChI is InChI=1S/C17H25NO3/c1-5-17(6-2,16(20)21)12-15(19)18(7-3)14-11-9-8-10-13(14)4/h8-11H,5-7,12H2,1-4H3,(H,20,21). The first-order chi connectivity index (χ1) is 9.91. The van der Waals surface area contributed by atoms with Crippen LogP contribution in [0.15, 0.2) is 24.3 Å². The number of amides is 1. The van der Waals surface area contributed by atoms with Crippen molar-refractivity contribution in [3.05, 3.63) is 29.8 Å². The topological polar surface area (TPSA) is 57.6 Å². The van der Waals surface area contributed by atoms with Crippen molar-refractivity contribution >= 4 is 17.6 Å². The van der Waals surface area contributed by atoms with Crippen molar-refractivity contribution in [2.24, 2.45) is 5.41 Å². The van der Waals surface area contributed by atoms with E-state index in [0.29, 0.717) is 19.4 Å². The summed E-state index contributed by atoms with van der Waals surface area (Å²) < 4.78 is 0. The number of aryl methyl sites for hydroxylation is 1. The molecule has 4 heteroatoms. The van der Waals surface area contributed by atoms with Gasteiger partial charge in [-0.25, -0.2) is 0 Å². The molecular formula is C17H25NO3. The lowest BCUT2D eigenvalue weighted by Gasteiger charge is -2.30. The van der Waals surface area contributed by atoms with Gasteiger partial charge in [0.25, 0.3) is 0 Å². The SMILES string of the molecule is CCN(C(=O)CC(CC)(CC)C(=O)O)c1ccccc1C. The van der Waals surface area contributed by atoms with Gasteiger partial charge in [0.2, 0.25) is 5.91 Å². The van der Waals surface area contributed by atoms with Gasteiger partial charge < -0.3 is 10.0 Å². The molecular weight excluding hydrogens is 266 g/mol. The van der Waals surface area contributed by atoms with Crippen LogP contribution in [0.2, 0.25) is 0 Å². The molecule has 0 unspecified atom stereocenters. The number of hydrogen-bond acceptors (Lipinski definition) is 2. The first kappa shape index (κ1) is 17.2. The summed E-state index contributed by atoms with van der Waals surface area (Å²) in [6.07, 6.45) is 0.948. The Hall–Kier alpha value is -1.84. The molecule has 0 heterocycles. The molecule has 0 atom stereocenters. The van der Waals surface area contributed by atoms with E-state index in [0.717, 1.165) is 11.3 Å². The zero-order valence-electron chi connectivity index (χ0n) is 13.3. The van der Waals surface area contributed by atoms with Crippen molar-refractivity contribution in [3.63, 3.8) is 0 Å². The summed E-state index contributed by atoms with van der Waals surface area (Å²) in [6.45, 7) is 8.05. The van der Waals surface area contributed by atoms with E-state index in [1.54, 1.807) is 4.90 Å². The second-order valence-corrected chi connectivity index (χ2v) is 5.39. The predicted octanol–water partition coefficient (Wildman–Crippen LogP) is 3.63. The van der Waals surface area contributed by atoms with Crippen molar-refractivity contribution in [1.29, 1.82) is 0 Å². The summed E-state index contributed by atoms with van der Waals surface area (Å²) in [5, 5.41) is 9.48.